The molecular formula is C26H38B2F2N2. The second-order valence-corrected chi connectivity index (χ2v) is 10.3. The van der Waals surface area contributed by atoms with Gasteiger partial charge in [-0.2, -0.15) is 0 Å². The number of anilines is 2. The van der Waals surface area contributed by atoms with Gasteiger partial charge in [-0.25, -0.2) is 0 Å². The number of hydrogen-bond acceptors (Lipinski definition) is 2. The summed E-state index contributed by atoms with van der Waals surface area (Å²) in [5.41, 5.74) is 6.65. The Hall–Kier alpha value is -1.97. The molecule has 6 heteroatoms. The summed E-state index contributed by atoms with van der Waals surface area (Å²) in [6.07, 6.45) is 0. The Morgan fingerprint density at radius 2 is 0.906 bits per heavy atom. The molecule has 1 aliphatic rings. The molecule has 0 bridgehead atoms. The summed E-state index contributed by atoms with van der Waals surface area (Å²) < 4.78 is 29.7. The molecule has 0 unspecified atom stereocenters. The summed E-state index contributed by atoms with van der Waals surface area (Å²) in [4.78, 5) is 3.99. The third kappa shape index (κ3) is 4.56. The van der Waals surface area contributed by atoms with Crippen molar-refractivity contribution < 1.29 is 8.63 Å². The Labute approximate surface area is 194 Å². The van der Waals surface area contributed by atoms with Gasteiger partial charge >= 0.3 is 14.0 Å². The smallest absolute Gasteiger partial charge is 0.395 e. The van der Waals surface area contributed by atoms with Gasteiger partial charge in [-0.3, -0.25) is 8.63 Å². The lowest BCUT2D eigenvalue weighted by molar-refractivity contribution is 0.691. The molecule has 32 heavy (non-hydrogen) atoms. The Bertz CT molecular complexity index is 804. The predicted molar refractivity (Wildman–Crippen MR) is 138 cm³/mol. The summed E-state index contributed by atoms with van der Waals surface area (Å²) in [5, 5.41) is 0. The third-order valence-electron chi connectivity index (χ3n) is 6.71. The fourth-order valence-corrected chi connectivity index (χ4v) is 5.10. The van der Waals surface area contributed by atoms with Gasteiger partial charge in [0.2, 0.25) is 0 Å². The zero-order chi connectivity index (χ0) is 23.7. The molecule has 1 saturated heterocycles. The standard InChI is InChI=1S/C26H38B2F2N2/c1-17(2)21-11-9-12-22(18(3)4)25(21)31-15-16-32(28(31)27(29)30)26-23(19(5)6)13-10-14-24(26)20(7)8/h9-14,17-20H,15-16H2,1-8H3. The molecule has 3 rings (SSSR count). The van der Waals surface area contributed by atoms with Crippen LogP contribution in [0.1, 0.15) is 101 Å². The molecule has 0 saturated carbocycles. The first-order valence-electron chi connectivity index (χ1n) is 12.1. The summed E-state index contributed by atoms with van der Waals surface area (Å²) >= 11 is 0. The van der Waals surface area contributed by atoms with Crippen LogP contribution in [0.25, 0.3) is 0 Å². The minimum atomic E-state index is -2.47. The van der Waals surface area contributed by atoms with E-state index in [9.17, 15) is 8.63 Å². The van der Waals surface area contributed by atoms with E-state index in [1.807, 2.05) is 9.62 Å². The summed E-state index contributed by atoms with van der Waals surface area (Å²) in [5.74, 6) is 1.07. The molecule has 1 fully saturated rings. The highest BCUT2D eigenvalue weighted by Crippen LogP contribution is 2.42. The number of hydrogen-bond donors (Lipinski definition) is 0. The van der Waals surface area contributed by atoms with E-state index in [0.717, 1.165) is 33.6 Å². The summed E-state index contributed by atoms with van der Waals surface area (Å²) in [6, 6.07) is 12.6. The molecule has 0 aromatic heterocycles. The second kappa shape index (κ2) is 9.89. The number of benzene rings is 2. The molecule has 0 atom stereocenters. The topological polar surface area (TPSA) is 6.48 Å². The summed E-state index contributed by atoms with van der Waals surface area (Å²) in [7, 11) is -2.47. The predicted octanol–water partition coefficient (Wildman–Crippen LogP) is 7.50. The molecule has 2 aromatic carbocycles. The van der Waals surface area contributed by atoms with Gasteiger partial charge in [0.25, 0.3) is 0 Å². The van der Waals surface area contributed by atoms with Crippen LogP contribution in [0, 0.1) is 0 Å². The fraction of sp³-hybridized carbons (Fsp3) is 0.538. The van der Waals surface area contributed by atoms with Crippen molar-refractivity contribution in [2.24, 2.45) is 0 Å². The van der Waals surface area contributed by atoms with Gasteiger partial charge in [0.15, 0.2) is 0 Å². The highest BCUT2D eigenvalue weighted by molar-refractivity contribution is 7.20. The van der Waals surface area contributed by atoms with E-state index in [2.05, 4.69) is 91.8 Å². The van der Waals surface area contributed by atoms with Crippen LogP contribution in [0.4, 0.5) is 20.0 Å². The molecule has 1 aliphatic heterocycles. The zero-order valence-corrected chi connectivity index (χ0v) is 21.0. The van der Waals surface area contributed by atoms with Crippen LogP contribution >= 0.6 is 0 Å². The van der Waals surface area contributed by atoms with Gasteiger partial charge in [-0.1, -0.05) is 91.8 Å². The van der Waals surface area contributed by atoms with E-state index in [4.69, 9.17) is 0 Å². The molecule has 0 N–H and O–H groups in total. The maximum Gasteiger partial charge on any atom is 0.548 e. The molecule has 0 aliphatic carbocycles. The molecule has 1 heterocycles. The van der Waals surface area contributed by atoms with Gasteiger partial charge in [0.1, 0.15) is 0 Å². The monoisotopic (exact) mass is 438 g/mol. The fourth-order valence-electron chi connectivity index (χ4n) is 5.10. The molecule has 0 amide bonds. The number of halogens is 2. The van der Waals surface area contributed by atoms with E-state index in [-0.39, 0.29) is 23.7 Å². The molecule has 0 radical (unpaired) electrons. The molecule has 2 nitrogen and oxygen atoms in total. The Morgan fingerprint density at radius 1 is 0.625 bits per heavy atom. The summed E-state index contributed by atoms with van der Waals surface area (Å²) in [6.45, 7) is 17.4. The molecule has 0 spiro atoms. The SMILES string of the molecule is CC(C)c1cccc(C(C)C)c1N1CCN(c2c(C(C)C)cccc2C(C)C)B1B(F)F. The lowest BCUT2D eigenvalue weighted by Gasteiger charge is -2.34. The van der Waals surface area contributed by atoms with Crippen LogP contribution in [-0.4, -0.2) is 27.1 Å². The molecular weight excluding hydrogens is 400 g/mol. The minimum Gasteiger partial charge on any atom is -0.395 e. The Balaban J connectivity index is 2.20. The van der Waals surface area contributed by atoms with Crippen molar-refractivity contribution in [1.82, 2.24) is 0 Å². The maximum atomic E-state index is 14.9. The van der Waals surface area contributed by atoms with Crippen molar-refractivity contribution in [3.63, 3.8) is 0 Å². The Morgan fingerprint density at radius 3 is 1.12 bits per heavy atom. The van der Waals surface area contributed by atoms with E-state index >= 15 is 0 Å². The van der Waals surface area contributed by atoms with Crippen LogP contribution in [0.15, 0.2) is 36.4 Å². The van der Waals surface area contributed by atoms with Crippen molar-refractivity contribution in [2.75, 3.05) is 22.7 Å². The minimum absolute atomic E-state index is 0.269. The molecule has 2 aromatic rings. The van der Waals surface area contributed by atoms with Crippen LogP contribution < -0.4 is 9.62 Å². The van der Waals surface area contributed by atoms with Crippen molar-refractivity contribution in [3.8, 4) is 0 Å². The first kappa shape index (κ1) is 24.7. The van der Waals surface area contributed by atoms with E-state index in [1.54, 1.807) is 0 Å². The van der Waals surface area contributed by atoms with E-state index in [1.165, 1.54) is 0 Å². The van der Waals surface area contributed by atoms with Crippen LogP contribution in [0.2, 0.25) is 0 Å². The number of para-hydroxylation sites is 2. The normalized spacial score (nSPS) is 14.6. The largest absolute Gasteiger partial charge is 0.548 e. The van der Waals surface area contributed by atoms with E-state index in [0.29, 0.717) is 13.1 Å². The van der Waals surface area contributed by atoms with Crippen LogP contribution in [0.3, 0.4) is 0 Å². The van der Waals surface area contributed by atoms with Gasteiger partial charge in [0.05, 0.1) is 0 Å². The van der Waals surface area contributed by atoms with Crippen molar-refractivity contribution in [1.29, 1.82) is 0 Å². The van der Waals surface area contributed by atoms with Gasteiger partial charge < -0.3 is 9.62 Å². The first-order valence-corrected chi connectivity index (χ1v) is 12.1. The average molecular weight is 438 g/mol. The van der Waals surface area contributed by atoms with E-state index < -0.39 is 14.0 Å². The van der Waals surface area contributed by atoms with Crippen LogP contribution in [-0.2, 0) is 0 Å². The van der Waals surface area contributed by atoms with Crippen LogP contribution in [0.5, 0.6) is 0 Å². The average Bonchev–Trinajstić information content (AvgIpc) is 3.17. The van der Waals surface area contributed by atoms with Crippen molar-refractivity contribution in [3.05, 3.63) is 58.7 Å². The lowest BCUT2D eigenvalue weighted by atomic mass is 9.43. The lowest BCUT2D eigenvalue weighted by Crippen LogP contribution is -2.54. The van der Waals surface area contributed by atoms with Gasteiger partial charge in [0, 0.05) is 24.5 Å². The zero-order valence-electron chi connectivity index (χ0n) is 21.0. The highest BCUT2D eigenvalue weighted by Gasteiger charge is 2.50. The maximum absolute atomic E-state index is 14.9. The first-order chi connectivity index (χ1) is 15.1. The Kier molecular flexibility index (Phi) is 7.62. The third-order valence-corrected chi connectivity index (χ3v) is 6.71. The van der Waals surface area contributed by atoms with Crippen molar-refractivity contribution in [2.45, 2.75) is 79.1 Å². The second-order valence-electron chi connectivity index (χ2n) is 10.3. The van der Waals surface area contributed by atoms with Gasteiger partial charge in [-0.15, -0.1) is 0 Å². The molecule has 172 valence electrons. The quantitative estimate of drug-likeness (QED) is 0.413. The number of nitrogens with zero attached hydrogens (tertiary/aromatic N) is 2. The number of rotatable bonds is 7. The van der Waals surface area contributed by atoms with Crippen molar-refractivity contribution >= 4 is 25.4 Å². The van der Waals surface area contributed by atoms with Gasteiger partial charge in [-0.05, 0) is 45.9 Å². The highest BCUT2D eigenvalue weighted by atomic mass is 19.2.